The van der Waals surface area contributed by atoms with Crippen molar-refractivity contribution < 1.29 is 28.9 Å². The van der Waals surface area contributed by atoms with Crippen molar-refractivity contribution in [3.05, 3.63) is 48.0 Å². The second-order valence-electron chi connectivity index (χ2n) is 6.30. The predicted octanol–water partition coefficient (Wildman–Crippen LogP) is 3.03. The number of anilines is 1. The van der Waals surface area contributed by atoms with Crippen molar-refractivity contribution >= 4 is 40.7 Å². The van der Waals surface area contributed by atoms with Crippen LogP contribution in [-0.4, -0.2) is 54.9 Å². The van der Waals surface area contributed by atoms with Crippen LogP contribution >= 0.6 is 11.8 Å². The molecule has 0 spiro atoms. The molecule has 0 radical (unpaired) electrons. The zero-order valence-electron chi connectivity index (χ0n) is 17.1. The molecule has 31 heavy (non-hydrogen) atoms. The highest BCUT2D eigenvalue weighted by atomic mass is 32.2. The highest BCUT2D eigenvalue weighted by molar-refractivity contribution is 8.16. The normalized spacial score (nSPS) is 17.4. The summed E-state index contributed by atoms with van der Waals surface area (Å²) in [6.07, 6.45) is 1.18. The first-order valence-corrected chi connectivity index (χ1v) is 10.0. The number of nitrogens with zero attached hydrogens (tertiary/aromatic N) is 3. The third-order valence-electron chi connectivity index (χ3n) is 4.35. The second-order valence-corrected chi connectivity index (χ2v) is 7.47. The summed E-state index contributed by atoms with van der Waals surface area (Å²) in [6, 6.07) is 12.3. The fourth-order valence-electron chi connectivity index (χ4n) is 2.96. The van der Waals surface area contributed by atoms with Gasteiger partial charge in [-0.15, -0.1) is 5.10 Å². The molecule has 3 rings (SSSR count). The van der Waals surface area contributed by atoms with Crippen molar-refractivity contribution in [1.29, 1.82) is 0 Å². The van der Waals surface area contributed by atoms with Gasteiger partial charge >= 0.3 is 5.97 Å². The lowest BCUT2D eigenvalue weighted by atomic mass is 10.2. The second kappa shape index (κ2) is 9.98. The molecule has 9 nitrogen and oxygen atoms in total. The van der Waals surface area contributed by atoms with Crippen LogP contribution in [0, 0.1) is 0 Å². The summed E-state index contributed by atoms with van der Waals surface area (Å²) in [5.74, 6) is -0.0128. The molecule has 2 aromatic rings. The van der Waals surface area contributed by atoms with Crippen molar-refractivity contribution in [3.63, 3.8) is 0 Å². The number of amidine groups is 1. The first kappa shape index (κ1) is 22.2. The molecule has 0 saturated carbocycles. The molecule has 2 aromatic carbocycles. The summed E-state index contributed by atoms with van der Waals surface area (Å²) >= 11 is 1.07. The smallest absolute Gasteiger partial charge is 0.305 e. The maximum Gasteiger partial charge on any atom is 0.305 e. The first-order chi connectivity index (χ1) is 15.0. The molecule has 1 unspecified atom stereocenters. The summed E-state index contributed by atoms with van der Waals surface area (Å²) in [4.78, 5) is 25.3. The maximum atomic E-state index is 12.8. The van der Waals surface area contributed by atoms with Gasteiger partial charge in [0.05, 0.1) is 39.7 Å². The van der Waals surface area contributed by atoms with E-state index in [1.165, 1.54) is 32.4 Å². The standard InChI is InChI=1S/C21H21N3O6S/c1-28-15-9-13(10-16(29-2)19(15)30-3)12-22-23-21-24(14-7-5-4-6-8-14)20(27)17(31-21)11-18(25)26/h4-10,12,17H,11H2,1-3H3,(H,25,26)/b22-12+,23-21-. The lowest BCUT2D eigenvalue weighted by Gasteiger charge is -2.15. The first-order valence-electron chi connectivity index (χ1n) is 9.17. The summed E-state index contributed by atoms with van der Waals surface area (Å²) < 4.78 is 15.9. The minimum absolute atomic E-state index is 0.297. The number of carboxylic acids is 1. The molecule has 1 fully saturated rings. The molecule has 0 aliphatic carbocycles. The van der Waals surface area contributed by atoms with Crippen LogP contribution in [0.2, 0.25) is 0 Å². The number of methoxy groups -OCH3 is 3. The number of carbonyl (C=O) groups excluding carboxylic acids is 1. The summed E-state index contributed by atoms with van der Waals surface area (Å²) in [6.45, 7) is 0. The average molecular weight is 443 g/mol. The van der Waals surface area contributed by atoms with Crippen molar-refractivity contribution in [1.82, 2.24) is 0 Å². The highest BCUT2D eigenvalue weighted by Gasteiger charge is 2.40. The fourth-order valence-corrected chi connectivity index (χ4v) is 4.04. The topological polar surface area (TPSA) is 110 Å². The summed E-state index contributed by atoms with van der Waals surface area (Å²) in [7, 11) is 4.54. The van der Waals surface area contributed by atoms with Crippen LogP contribution in [0.15, 0.2) is 52.7 Å². The van der Waals surface area contributed by atoms with Crippen LogP contribution in [-0.2, 0) is 9.59 Å². The average Bonchev–Trinajstić information content (AvgIpc) is 3.07. The van der Waals surface area contributed by atoms with E-state index in [1.54, 1.807) is 36.4 Å². The van der Waals surface area contributed by atoms with Crippen LogP contribution in [0.5, 0.6) is 17.2 Å². The molecule has 1 aliphatic rings. The third kappa shape index (κ3) is 4.97. The van der Waals surface area contributed by atoms with Gasteiger partial charge in [-0.2, -0.15) is 5.10 Å². The van der Waals surface area contributed by atoms with Crippen LogP contribution in [0.1, 0.15) is 12.0 Å². The number of ether oxygens (including phenoxy) is 3. The van der Waals surface area contributed by atoms with E-state index in [0.29, 0.717) is 33.7 Å². The number of thioether (sulfide) groups is 1. The molecular weight excluding hydrogens is 422 g/mol. The minimum atomic E-state index is -1.05. The lowest BCUT2D eigenvalue weighted by molar-refractivity contribution is -0.138. The molecule has 0 bridgehead atoms. The Balaban J connectivity index is 1.92. The van der Waals surface area contributed by atoms with Crippen molar-refractivity contribution in [3.8, 4) is 17.2 Å². The maximum absolute atomic E-state index is 12.8. The van der Waals surface area contributed by atoms with Crippen LogP contribution in [0.3, 0.4) is 0 Å². The number of hydrogen-bond donors (Lipinski definition) is 1. The number of rotatable bonds is 8. The largest absolute Gasteiger partial charge is 0.493 e. The van der Waals surface area contributed by atoms with Gasteiger partial charge in [0.25, 0.3) is 0 Å². The van der Waals surface area contributed by atoms with E-state index in [4.69, 9.17) is 19.3 Å². The predicted molar refractivity (Wildman–Crippen MR) is 119 cm³/mol. The minimum Gasteiger partial charge on any atom is -0.493 e. The van der Waals surface area contributed by atoms with Gasteiger partial charge in [0.1, 0.15) is 5.25 Å². The Hall–Kier alpha value is -3.53. The van der Waals surface area contributed by atoms with Crippen LogP contribution in [0.4, 0.5) is 5.69 Å². The number of benzene rings is 2. The number of carbonyl (C=O) groups is 2. The number of carboxylic acid groups (broad SMARTS) is 1. The molecule has 0 aromatic heterocycles. The molecule has 1 heterocycles. The van der Waals surface area contributed by atoms with Crippen LogP contribution < -0.4 is 19.1 Å². The van der Waals surface area contributed by atoms with Gasteiger partial charge in [-0.25, -0.2) is 0 Å². The lowest BCUT2D eigenvalue weighted by Crippen LogP contribution is -2.32. The van der Waals surface area contributed by atoms with Gasteiger partial charge < -0.3 is 19.3 Å². The van der Waals surface area contributed by atoms with Gasteiger partial charge in [-0.3, -0.25) is 14.5 Å². The number of aliphatic carboxylic acids is 1. The Labute approximate surface area is 183 Å². The molecule has 1 saturated heterocycles. The Kier molecular flexibility index (Phi) is 7.14. The summed E-state index contributed by atoms with van der Waals surface area (Å²) in [5.41, 5.74) is 1.23. The van der Waals surface area contributed by atoms with E-state index >= 15 is 0 Å². The number of amides is 1. The quantitative estimate of drug-likeness (QED) is 0.493. The zero-order chi connectivity index (χ0) is 22.4. The molecule has 10 heteroatoms. The molecule has 162 valence electrons. The summed E-state index contributed by atoms with van der Waals surface area (Å²) in [5, 5.41) is 16.9. The Morgan fingerprint density at radius 1 is 1.13 bits per heavy atom. The Morgan fingerprint density at radius 3 is 2.32 bits per heavy atom. The Bertz CT molecular complexity index is 1000. The van der Waals surface area contributed by atoms with E-state index in [9.17, 15) is 9.59 Å². The fraction of sp³-hybridized carbons (Fsp3) is 0.238. The van der Waals surface area contributed by atoms with Crippen molar-refractivity contribution in [2.24, 2.45) is 10.2 Å². The highest BCUT2D eigenvalue weighted by Crippen LogP contribution is 2.38. The number of hydrogen-bond acceptors (Lipinski definition) is 8. The van der Waals surface area contributed by atoms with E-state index in [1.807, 2.05) is 6.07 Å². The zero-order valence-corrected chi connectivity index (χ0v) is 18.0. The third-order valence-corrected chi connectivity index (χ3v) is 5.47. The van der Waals surface area contributed by atoms with Gasteiger partial charge in [0.2, 0.25) is 11.7 Å². The van der Waals surface area contributed by atoms with E-state index in [0.717, 1.165) is 11.8 Å². The van der Waals surface area contributed by atoms with E-state index in [-0.39, 0.29) is 12.3 Å². The molecular formula is C21H21N3O6S. The van der Waals surface area contributed by atoms with Crippen molar-refractivity contribution in [2.45, 2.75) is 11.7 Å². The monoisotopic (exact) mass is 443 g/mol. The van der Waals surface area contributed by atoms with E-state index in [2.05, 4.69) is 10.2 Å². The molecule has 1 N–H and O–H groups in total. The van der Waals surface area contributed by atoms with Gasteiger partial charge in [0, 0.05) is 5.56 Å². The van der Waals surface area contributed by atoms with Crippen molar-refractivity contribution in [2.75, 3.05) is 26.2 Å². The van der Waals surface area contributed by atoms with Gasteiger partial charge in [-0.1, -0.05) is 30.0 Å². The number of para-hydroxylation sites is 1. The van der Waals surface area contributed by atoms with E-state index < -0.39 is 11.2 Å². The molecule has 1 amide bonds. The molecule has 1 aliphatic heterocycles. The van der Waals surface area contributed by atoms with Crippen LogP contribution in [0.25, 0.3) is 0 Å². The Morgan fingerprint density at radius 2 is 1.77 bits per heavy atom. The van der Waals surface area contributed by atoms with Gasteiger partial charge in [0.15, 0.2) is 16.7 Å². The van der Waals surface area contributed by atoms with Gasteiger partial charge in [-0.05, 0) is 24.3 Å². The SMILES string of the molecule is COc1cc(/C=N/N=C2\SC(CC(=O)O)C(=O)N2c2ccccc2)cc(OC)c1OC. The molecule has 1 atom stereocenters.